The standard InChI is InChI=1S/C18H16N2O2/c1-2-15(21)17-14(12-13-8-4-3-5-9-13)18(22)20-11-7-6-10-16(20)19-17/h2-11,15,21H,1,12H2. The number of aliphatic hydroxyl groups excluding tert-OH is 1. The largest absolute Gasteiger partial charge is 0.383 e. The van der Waals surface area contributed by atoms with Crippen LogP contribution in [0.1, 0.15) is 22.9 Å². The van der Waals surface area contributed by atoms with E-state index in [4.69, 9.17) is 0 Å². The molecule has 0 bridgehead atoms. The molecule has 22 heavy (non-hydrogen) atoms. The highest BCUT2D eigenvalue weighted by Gasteiger charge is 2.17. The van der Waals surface area contributed by atoms with Crippen LogP contribution in [0.3, 0.4) is 0 Å². The van der Waals surface area contributed by atoms with Crippen LogP contribution in [-0.4, -0.2) is 14.5 Å². The van der Waals surface area contributed by atoms with Crippen LogP contribution in [0.5, 0.6) is 0 Å². The quantitative estimate of drug-likeness (QED) is 0.752. The number of nitrogens with zero attached hydrogens (tertiary/aromatic N) is 2. The Morgan fingerprint density at radius 1 is 1.18 bits per heavy atom. The molecule has 1 N–H and O–H groups in total. The van der Waals surface area contributed by atoms with Crippen molar-refractivity contribution in [2.45, 2.75) is 12.5 Å². The number of aromatic nitrogens is 2. The van der Waals surface area contributed by atoms with Crippen LogP contribution in [0.15, 0.2) is 72.2 Å². The Morgan fingerprint density at radius 3 is 2.64 bits per heavy atom. The Morgan fingerprint density at radius 2 is 1.91 bits per heavy atom. The van der Waals surface area contributed by atoms with Crippen molar-refractivity contribution in [3.63, 3.8) is 0 Å². The van der Waals surface area contributed by atoms with Crippen molar-refractivity contribution in [1.82, 2.24) is 9.38 Å². The summed E-state index contributed by atoms with van der Waals surface area (Å²) in [5.41, 5.74) is 2.21. The molecule has 1 aromatic carbocycles. The molecule has 0 fully saturated rings. The molecule has 3 rings (SSSR count). The third-order valence-electron chi connectivity index (χ3n) is 3.59. The van der Waals surface area contributed by atoms with Crippen LogP contribution in [0.2, 0.25) is 0 Å². The summed E-state index contributed by atoms with van der Waals surface area (Å²) in [5, 5.41) is 10.1. The fourth-order valence-electron chi connectivity index (χ4n) is 2.47. The van der Waals surface area contributed by atoms with Crippen LogP contribution >= 0.6 is 0 Å². The van der Waals surface area contributed by atoms with Crippen LogP contribution in [-0.2, 0) is 6.42 Å². The molecule has 0 saturated heterocycles. The van der Waals surface area contributed by atoms with E-state index in [0.29, 0.717) is 23.3 Å². The lowest BCUT2D eigenvalue weighted by molar-refractivity contribution is 0.223. The first-order valence-corrected chi connectivity index (χ1v) is 7.05. The molecule has 4 heteroatoms. The fourth-order valence-corrected chi connectivity index (χ4v) is 2.47. The predicted molar refractivity (Wildman–Crippen MR) is 85.9 cm³/mol. The summed E-state index contributed by atoms with van der Waals surface area (Å²) in [6.07, 6.45) is 2.53. The number of benzene rings is 1. The zero-order valence-corrected chi connectivity index (χ0v) is 12.0. The minimum atomic E-state index is -0.961. The Bertz CT molecular complexity index is 869. The summed E-state index contributed by atoms with van der Waals surface area (Å²) in [7, 11) is 0. The van der Waals surface area contributed by atoms with Crippen molar-refractivity contribution in [3.05, 3.63) is 94.6 Å². The lowest BCUT2D eigenvalue weighted by Gasteiger charge is -2.13. The van der Waals surface area contributed by atoms with Crippen molar-refractivity contribution in [1.29, 1.82) is 0 Å². The highest BCUT2D eigenvalue weighted by molar-refractivity contribution is 5.42. The van der Waals surface area contributed by atoms with E-state index in [2.05, 4.69) is 11.6 Å². The molecule has 0 amide bonds. The first-order chi connectivity index (χ1) is 10.7. The van der Waals surface area contributed by atoms with Crippen molar-refractivity contribution in [2.24, 2.45) is 0 Å². The number of aliphatic hydroxyl groups is 1. The van der Waals surface area contributed by atoms with Crippen molar-refractivity contribution < 1.29 is 5.11 Å². The van der Waals surface area contributed by atoms with E-state index in [0.717, 1.165) is 5.56 Å². The maximum atomic E-state index is 12.8. The van der Waals surface area contributed by atoms with Gasteiger partial charge in [-0.1, -0.05) is 42.5 Å². The lowest BCUT2D eigenvalue weighted by atomic mass is 10.0. The maximum Gasteiger partial charge on any atom is 0.261 e. The number of pyridine rings is 1. The summed E-state index contributed by atoms with van der Waals surface area (Å²) >= 11 is 0. The molecule has 0 aliphatic carbocycles. The van der Waals surface area contributed by atoms with E-state index >= 15 is 0 Å². The first-order valence-electron chi connectivity index (χ1n) is 7.05. The third kappa shape index (κ3) is 2.56. The fraction of sp³-hybridized carbons (Fsp3) is 0.111. The molecular weight excluding hydrogens is 276 g/mol. The van der Waals surface area contributed by atoms with Crippen LogP contribution in [0, 0.1) is 0 Å². The number of fused-ring (bicyclic) bond motifs is 1. The van der Waals surface area contributed by atoms with Crippen LogP contribution in [0.25, 0.3) is 5.65 Å². The van der Waals surface area contributed by atoms with Gasteiger partial charge in [-0.3, -0.25) is 9.20 Å². The molecule has 0 saturated carbocycles. The lowest BCUT2D eigenvalue weighted by Crippen LogP contribution is -2.24. The topological polar surface area (TPSA) is 54.6 Å². The molecule has 3 aromatic rings. The zero-order valence-electron chi connectivity index (χ0n) is 12.0. The monoisotopic (exact) mass is 292 g/mol. The number of hydrogen-bond acceptors (Lipinski definition) is 3. The van der Waals surface area contributed by atoms with Gasteiger partial charge in [0.1, 0.15) is 11.8 Å². The van der Waals surface area contributed by atoms with Crippen LogP contribution < -0.4 is 5.56 Å². The third-order valence-corrected chi connectivity index (χ3v) is 3.59. The van der Waals surface area contributed by atoms with Crippen molar-refractivity contribution in [3.8, 4) is 0 Å². The predicted octanol–water partition coefficient (Wildman–Crippen LogP) is 2.50. The molecule has 0 spiro atoms. The molecule has 0 radical (unpaired) electrons. The second-order valence-corrected chi connectivity index (χ2v) is 5.05. The molecule has 2 heterocycles. The number of rotatable bonds is 4. The van der Waals surface area contributed by atoms with Gasteiger partial charge in [0, 0.05) is 18.2 Å². The molecule has 0 aliphatic heterocycles. The van der Waals surface area contributed by atoms with Gasteiger partial charge in [-0.05, 0) is 17.7 Å². The second-order valence-electron chi connectivity index (χ2n) is 5.05. The minimum absolute atomic E-state index is 0.162. The molecule has 1 atom stereocenters. The first kappa shape index (κ1) is 14.2. The van der Waals surface area contributed by atoms with E-state index in [1.807, 2.05) is 36.4 Å². The highest BCUT2D eigenvalue weighted by Crippen LogP contribution is 2.18. The van der Waals surface area contributed by atoms with E-state index in [1.165, 1.54) is 10.5 Å². The normalized spacial score (nSPS) is 12.2. The minimum Gasteiger partial charge on any atom is -0.383 e. The molecule has 1 unspecified atom stereocenters. The van der Waals surface area contributed by atoms with Gasteiger partial charge < -0.3 is 5.11 Å². The molecule has 2 aromatic heterocycles. The highest BCUT2D eigenvalue weighted by atomic mass is 16.3. The molecule has 0 aliphatic rings. The van der Waals surface area contributed by atoms with Gasteiger partial charge in [-0.25, -0.2) is 4.98 Å². The van der Waals surface area contributed by atoms with Gasteiger partial charge in [-0.15, -0.1) is 6.58 Å². The Hall–Kier alpha value is -2.72. The van der Waals surface area contributed by atoms with Gasteiger partial charge in [0.2, 0.25) is 0 Å². The van der Waals surface area contributed by atoms with Gasteiger partial charge in [0.05, 0.1) is 5.69 Å². The maximum absolute atomic E-state index is 12.8. The van der Waals surface area contributed by atoms with Crippen molar-refractivity contribution in [2.75, 3.05) is 0 Å². The summed E-state index contributed by atoms with van der Waals surface area (Å²) in [5.74, 6) is 0. The Balaban J connectivity index is 2.23. The van der Waals surface area contributed by atoms with Crippen molar-refractivity contribution >= 4 is 5.65 Å². The summed E-state index contributed by atoms with van der Waals surface area (Å²) in [6.45, 7) is 3.60. The van der Waals surface area contributed by atoms with Crippen LogP contribution in [0.4, 0.5) is 0 Å². The van der Waals surface area contributed by atoms with Gasteiger partial charge in [0.15, 0.2) is 0 Å². The molecular formula is C18H16N2O2. The SMILES string of the molecule is C=CC(O)c1nc2ccccn2c(=O)c1Cc1ccccc1. The van der Waals surface area contributed by atoms with Gasteiger partial charge in [-0.2, -0.15) is 0 Å². The summed E-state index contributed by atoms with van der Waals surface area (Å²) in [6, 6.07) is 15.0. The Labute approximate surface area is 128 Å². The van der Waals surface area contributed by atoms with E-state index in [-0.39, 0.29) is 5.56 Å². The number of hydrogen-bond donors (Lipinski definition) is 1. The van der Waals surface area contributed by atoms with E-state index in [9.17, 15) is 9.90 Å². The van der Waals surface area contributed by atoms with Gasteiger partial charge in [0.25, 0.3) is 5.56 Å². The Kier molecular flexibility index (Phi) is 3.85. The summed E-state index contributed by atoms with van der Waals surface area (Å²) in [4.78, 5) is 17.2. The average Bonchev–Trinajstić information content (AvgIpc) is 2.57. The zero-order chi connectivity index (χ0) is 15.5. The van der Waals surface area contributed by atoms with E-state index in [1.54, 1.807) is 18.3 Å². The smallest absolute Gasteiger partial charge is 0.261 e. The van der Waals surface area contributed by atoms with Gasteiger partial charge >= 0.3 is 0 Å². The molecule has 110 valence electrons. The van der Waals surface area contributed by atoms with E-state index < -0.39 is 6.10 Å². The summed E-state index contributed by atoms with van der Waals surface area (Å²) < 4.78 is 1.50. The molecule has 4 nitrogen and oxygen atoms in total. The average molecular weight is 292 g/mol. The second kappa shape index (κ2) is 5.95.